The highest BCUT2D eigenvalue weighted by molar-refractivity contribution is 5.95. The van der Waals surface area contributed by atoms with Crippen LogP contribution in [0.2, 0.25) is 0 Å². The number of likely N-dealkylation sites (tertiary alicyclic amines) is 1. The van der Waals surface area contributed by atoms with Crippen molar-refractivity contribution in [2.24, 2.45) is 4.99 Å². The summed E-state index contributed by atoms with van der Waals surface area (Å²) in [7, 11) is 1.65. The van der Waals surface area contributed by atoms with Gasteiger partial charge in [0.25, 0.3) is 5.91 Å². The number of carbonyl (C=O) groups is 1. The molecule has 1 saturated heterocycles. The molecule has 2 rings (SSSR count). The minimum absolute atomic E-state index is 0.0414. The Balaban J connectivity index is 1.93. The third-order valence-corrected chi connectivity index (χ3v) is 5.38. The van der Waals surface area contributed by atoms with Crippen LogP contribution in [0.5, 0.6) is 11.5 Å². The monoisotopic (exact) mass is 448 g/mol. The fourth-order valence-corrected chi connectivity index (χ4v) is 3.51. The number of allylic oxidation sites excluding steroid dienone is 6. The smallest absolute Gasteiger partial charge is 0.272 e. The number of hydrogen-bond acceptors (Lipinski definition) is 4. The number of amides is 1. The summed E-state index contributed by atoms with van der Waals surface area (Å²) in [4.78, 5) is 18.7. The fraction of sp³-hybridized carbons (Fsp3) is 0.357. The molecule has 5 heteroatoms. The normalized spacial score (nSPS) is 15.1. The van der Waals surface area contributed by atoms with E-state index in [4.69, 9.17) is 9.47 Å². The van der Waals surface area contributed by atoms with E-state index >= 15 is 0 Å². The van der Waals surface area contributed by atoms with Crippen LogP contribution < -0.4 is 9.47 Å². The van der Waals surface area contributed by atoms with Gasteiger partial charge in [-0.25, -0.2) is 0 Å². The number of nitrogens with zero attached hydrogens (tertiary/aromatic N) is 2. The number of rotatable bonds is 13. The zero-order valence-corrected chi connectivity index (χ0v) is 20.1. The molecule has 1 aliphatic heterocycles. The van der Waals surface area contributed by atoms with E-state index in [1.54, 1.807) is 25.5 Å². The number of methoxy groups -OCH3 is 1. The van der Waals surface area contributed by atoms with Gasteiger partial charge in [0.1, 0.15) is 5.70 Å². The Morgan fingerprint density at radius 2 is 2.00 bits per heavy atom. The quantitative estimate of drug-likeness (QED) is 0.160. The highest BCUT2D eigenvalue weighted by atomic mass is 16.5. The Morgan fingerprint density at radius 1 is 1.21 bits per heavy atom. The first-order valence-corrected chi connectivity index (χ1v) is 11.5. The van der Waals surface area contributed by atoms with Crippen LogP contribution >= 0.6 is 0 Å². The van der Waals surface area contributed by atoms with Crippen LogP contribution in [0.1, 0.15) is 44.6 Å². The van der Waals surface area contributed by atoms with Gasteiger partial charge in [0.2, 0.25) is 0 Å². The summed E-state index contributed by atoms with van der Waals surface area (Å²) >= 11 is 0. The third kappa shape index (κ3) is 7.63. The molecule has 0 radical (unpaired) electrons. The van der Waals surface area contributed by atoms with E-state index in [-0.39, 0.29) is 11.8 Å². The highest BCUT2D eigenvalue weighted by Gasteiger charge is 2.33. The van der Waals surface area contributed by atoms with E-state index in [9.17, 15) is 4.79 Å². The summed E-state index contributed by atoms with van der Waals surface area (Å²) in [6.07, 6.45) is 15.6. The Kier molecular flexibility index (Phi) is 10.9. The minimum Gasteiger partial charge on any atom is -0.493 e. The van der Waals surface area contributed by atoms with Crippen molar-refractivity contribution in [1.29, 1.82) is 0 Å². The standard InChI is InChI=1S/C28H36N2O3/c1-6-12-22(9-4)14-10-11-18-33-26-16-15-23(19-27(26)32-5)24-20-30(21-24)28(31)25(13-7-2)29-17-8-3/h6,8,10,12-17,19,24H,1,3,7,9,11,18,20-21H2,2,4-5H3/b14-10-,22-12-,25-13-,29-17?. The second-order valence-corrected chi connectivity index (χ2v) is 7.70. The summed E-state index contributed by atoms with van der Waals surface area (Å²) in [5.41, 5.74) is 2.85. The van der Waals surface area contributed by atoms with Crippen LogP contribution in [0.3, 0.4) is 0 Å². The number of carbonyl (C=O) groups excluding carboxylic acids is 1. The third-order valence-electron chi connectivity index (χ3n) is 5.38. The van der Waals surface area contributed by atoms with Crippen LogP contribution in [0.4, 0.5) is 0 Å². The van der Waals surface area contributed by atoms with E-state index in [0.717, 1.165) is 30.6 Å². The Hall–Kier alpha value is -3.34. The molecule has 0 spiro atoms. The van der Waals surface area contributed by atoms with Gasteiger partial charge in [-0.3, -0.25) is 9.79 Å². The van der Waals surface area contributed by atoms with Gasteiger partial charge in [-0.05, 0) is 42.5 Å². The molecule has 1 aromatic rings. The molecule has 1 amide bonds. The number of hydrogen-bond donors (Lipinski definition) is 0. The van der Waals surface area contributed by atoms with Gasteiger partial charge in [-0.15, -0.1) is 0 Å². The summed E-state index contributed by atoms with van der Waals surface area (Å²) in [6.45, 7) is 13.4. The lowest BCUT2D eigenvalue weighted by Gasteiger charge is -2.39. The molecule has 0 atom stereocenters. The second kappa shape index (κ2) is 13.9. The molecule has 0 unspecified atom stereocenters. The average Bonchev–Trinajstić information content (AvgIpc) is 2.80. The van der Waals surface area contributed by atoms with Gasteiger partial charge in [-0.1, -0.05) is 69.5 Å². The van der Waals surface area contributed by atoms with Gasteiger partial charge in [-0.2, -0.15) is 0 Å². The van der Waals surface area contributed by atoms with Crippen LogP contribution in [-0.4, -0.2) is 43.8 Å². The maximum Gasteiger partial charge on any atom is 0.272 e. The summed E-state index contributed by atoms with van der Waals surface area (Å²) in [6, 6.07) is 6.02. The number of benzene rings is 1. The first-order chi connectivity index (χ1) is 16.1. The van der Waals surface area contributed by atoms with E-state index in [1.165, 1.54) is 5.57 Å². The van der Waals surface area contributed by atoms with E-state index in [1.807, 2.05) is 36.1 Å². The molecule has 0 bridgehead atoms. The lowest BCUT2D eigenvalue weighted by atomic mass is 9.91. The lowest BCUT2D eigenvalue weighted by Crippen LogP contribution is -2.48. The van der Waals surface area contributed by atoms with Crippen molar-refractivity contribution in [1.82, 2.24) is 4.90 Å². The molecule has 0 aromatic heterocycles. The largest absolute Gasteiger partial charge is 0.493 e. The molecular weight excluding hydrogens is 412 g/mol. The number of ether oxygens (including phenoxy) is 2. The SMILES string of the molecule is C=CC=N/C(=C\CC)C(=O)N1CC(c2ccc(OCC/C=C\C(=C/C=C)CC)c(OC)c2)C1. The summed E-state index contributed by atoms with van der Waals surface area (Å²) < 4.78 is 11.5. The molecule has 1 aliphatic rings. The maximum absolute atomic E-state index is 12.7. The van der Waals surface area contributed by atoms with Crippen molar-refractivity contribution in [2.75, 3.05) is 26.8 Å². The highest BCUT2D eigenvalue weighted by Crippen LogP contribution is 2.35. The first-order valence-electron chi connectivity index (χ1n) is 11.5. The first kappa shape index (κ1) is 25.9. The Labute approximate surface area is 198 Å². The van der Waals surface area contributed by atoms with Crippen LogP contribution in [0.25, 0.3) is 0 Å². The van der Waals surface area contributed by atoms with Crippen LogP contribution in [-0.2, 0) is 4.79 Å². The molecule has 0 N–H and O–H groups in total. The van der Waals surface area contributed by atoms with Crippen LogP contribution in [0, 0.1) is 0 Å². The minimum atomic E-state index is -0.0414. The summed E-state index contributed by atoms with van der Waals surface area (Å²) in [5.74, 6) is 1.67. The topological polar surface area (TPSA) is 51.1 Å². The van der Waals surface area contributed by atoms with E-state index in [2.05, 4.69) is 43.3 Å². The van der Waals surface area contributed by atoms with Crippen molar-refractivity contribution in [3.8, 4) is 11.5 Å². The van der Waals surface area contributed by atoms with Crippen molar-refractivity contribution in [2.45, 2.75) is 39.0 Å². The molecule has 176 valence electrons. The van der Waals surface area contributed by atoms with E-state index < -0.39 is 0 Å². The predicted molar refractivity (Wildman–Crippen MR) is 137 cm³/mol. The molecule has 33 heavy (non-hydrogen) atoms. The van der Waals surface area contributed by atoms with Crippen molar-refractivity contribution in [3.63, 3.8) is 0 Å². The van der Waals surface area contributed by atoms with Crippen molar-refractivity contribution >= 4 is 12.1 Å². The molecule has 1 fully saturated rings. The second-order valence-electron chi connectivity index (χ2n) is 7.70. The maximum atomic E-state index is 12.7. The Morgan fingerprint density at radius 3 is 2.64 bits per heavy atom. The van der Waals surface area contributed by atoms with Crippen LogP contribution in [0.15, 0.2) is 84.1 Å². The molecular formula is C28H36N2O3. The predicted octanol–water partition coefficient (Wildman–Crippen LogP) is 6.02. The fourth-order valence-electron chi connectivity index (χ4n) is 3.51. The molecule has 1 aromatic carbocycles. The van der Waals surface area contributed by atoms with Gasteiger partial charge in [0.15, 0.2) is 11.5 Å². The zero-order chi connectivity index (χ0) is 24.1. The van der Waals surface area contributed by atoms with Gasteiger partial charge in [0.05, 0.1) is 13.7 Å². The number of aliphatic imine (C=N–C) groups is 1. The van der Waals surface area contributed by atoms with Crippen molar-refractivity contribution in [3.05, 3.63) is 84.6 Å². The summed E-state index contributed by atoms with van der Waals surface area (Å²) in [5, 5.41) is 0. The molecule has 0 aliphatic carbocycles. The molecule has 1 heterocycles. The van der Waals surface area contributed by atoms with E-state index in [0.29, 0.717) is 31.1 Å². The molecule has 5 nitrogen and oxygen atoms in total. The van der Waals surface area contributed by atoms with Gasteiger partial charge >= 0.3 is 0 Å². The van der Waals surface area contributed by atoms with Gasteiger partial charge < -0.3 is 14.4 Å². The zero-order valence-electron chi connectivity index (χ0n) is 20.1. The molecule has 0 saturated carbocycles. The Bertz CT molecular complexity index is 934. The van der Waals surface area contributed by atoms with Gasteiger partial charge in [0, 0.05) is 25.2 Å². The van der Waals surface area contributed by atoms with Crippen molar-refractivity contribution < 1.29 is 14.3 Å². The lowest BCUT2D eigenvalue weighted by molar-refractivity contribution is -0.131. The average molecular weight is 449 g/mol.